The monoisotopic (exact) mass is 96.0 g/mol. The third-order valence-electron chi connectivity index (χ3n) is 0.684. The summed E-state index contributed by atoms with van der Waals surface area (Å²) in [6.45, 7) is 2.73. The molecule has 0 aromatic heterocycles. The lowest BCUT2D eigenvalue weighted by atomic mass is 10.3. The third kappa shape index (κ3) is 1.07. The number of azo groups is 1. The molecular weight excluding hydrogens is 92.1 g/mol. The Hall–Kier alpha value is -0.730. The molecule has 0 aliphatic carbocycles. The van der Waals surface area contributed by atoms with Crippen LogP contribution in [0.1, 0.15) is 6.42 Å². The molecule has 0 unspecified atom stereocenters. The Labute approximate surface area is 41.4 Å². The van der Waals surface area contributed by atoms with E-state index in [2.05, 4.69) is 16.8 Å². The van der Waals surface area contributed by atoms with Crippen LogP contribution in [-0.4, -0.2) is 12.3 Å². The highest BCUT2D eigenvalue weighted by atomic mass is 16.1. The molecule has 2 radical (unpaired) electrons. The van der Waals surface area contributed by atoms with Gasteiger partial charge in [0, 0.05) is 6.42 Å². The van der Waals surface area contributed by atoms with E-state index in [4.69, 9.17) is 0 Å². The van der Waals surface area contributed by atoms with Crippen molar-refractivity contribution in [2.75, 3.05) is 6.54 Å². The second-order valence-corrected chi connectivity index (χ2v) is 1.25. The second-order valence-electron chi connectivity index (χ2n) is 1.25. The quantitative estimate of drug-likeness (QED) is 0.431. The van der Waals surface area contributed by atoms with Gasteiger partial charge in [0.05, 0.1) is 6.54 Å². The third-order valence-corrected chi connectivity index (χ3v) is 0.684. The van der Waals surface area contributed by atoms with Crippen molar-refractivity contribution >= 4 is 5.78 Å². The van der Waals surface area contributed by atoms with Gasteiger partial charge < -0.3 is 0 Å². The topological polar surface area (TPSA) is 41.8 Å². The second kappa shape index (κ2) is 1.82. The lowest BCUT2D eigenvalue weighted by molar-refractivity contribution is -0.116. The molecule has 1 aliphatic heterocycles. The SMILES string of the molecule is O=C1[C]N=NCC1. The molecule has 0 fully saturated rings. The standard InChI is InChI=1S/C4H4N2O/c7-4-1-2-5-6-3-4/h1-2H2. The van der Waals surface area contributed by atoms with Crippen molar-refractivity contribution in [3.05, 3.63) is 6.54 Å². The minimum atomic E-state index is -0.0463. The lowest BCUT2D eigenvalue weighted by Crippen LogP contribution is -2.02. The average Bonchev–Trinajstić information content (AvgIpc) is 1.69. The Kier molecular flexibility index (Phi) is 1.15. The molecule has 0 saturated carbocycles. The highest BCUT2D eigenvalue weighted by Gasteiger charge is 2.04. The molecule has 7 heavy (non-hydrogen) atoms. The number of carbonyl (C=O) groups is 1. The predicted octanol–water partition coefficient (Wildman–Crippen LogP) is 0.450. The summed E-state index contributed by atoms with van der Waals surface area (Å²) in [5.41, 5.74) is 0. The average molecular weight is 96.1 g/mol. The number of Topliss-reactive ketones (excluding diaryl/α,β-unsaturated/α-hetero) is 1. The van der Waals surface area contributed by atoms with Gasteiger partial charge in [-0.05, 0) is 0 Å². The Balaban J connectivity index is 2.47. The minimum absolute atomic E-state index is 0.0463. The van der Waals surface area contributed by atoms with Crippen LogP contribution in [0, 0.1) is 6.54 Å². The van der Waals surface area contributed by atoms with E-state index in [0.717, 1.165) is 0 Å². The highest BCUT2D eigenvalue weighted by Crippen LogP contribution is 1.97. The largest absolute Gasteiger partial charge is 0.297 e. The van der Waals surface area contributed by atoms with Crippen LogP contribution in [0.2, 0.25) is 0 Å². The van der Waals surface area contributed by atoms with Gasteiger partial charge in [-0.2, -0.15) is 10.2 Å². The van der Waals surface area contributed by atoms with E-state index >= 15 is 0 Å². The number of ketones is 1. The van der Waals surface area contributed by atoms with Gasteiger partial charge in [0.25, 0.3) is 0 Å². The molecule has 1 rings (SSSR count). The zero-order valence-electron chi connectivity index (χ0n) is 3.72. The summed E-state index contributed by atoms with van der Waals surface area (Å²) in [6, 6.07) is 0. The molecule has 36 valence electrons. The maximum Gasteiger partial charge on any atom is 0.213 e. The van der Waals surface area contributed by atoms with Gasteiger partial charge in [0.15, 0.2) is 5.78 Å². The summed E-state index contributed by atoms with van der Waals surface area (Å²) in [4.78, 5) is 10.2. The van der Waals surface area contributed by atoms with Crippen LogP contribution in [0.25, 0.3) is 0 Å². The molecule has 0 spiro atoms. The van der Waals surface area contributed by atoms with E-state index in [1.165, 1.54) is 0 Å². The van der Waals surface area contributed by atoms with Gasteiger partial charge in [-0.3, -0.25) is 4.79 Å². The van der Waals surface area contributed by atoms with Gasteiger partial charge in [0.2, 0.25) is 6.54 Å². The lowest BCUT2D eigenvalue weighted by Gasteiger charge is -1.94. The van der Waals surface area contributed by atoms with Crippen molar-refractivity contribution in [1.82, 2.24) is 0 Å². The van der Waals surface area contributed by atoms with Gasteiger partial charge >= 0.3 is 0 Å². The van der Waals surface area contributed by atoms with E-state index < -0.39 is 0 Å². The van der Waals surface area contributed by atoms with E-state index in [1.807, 2.05) is 0 Å². The number of hydrogen-bond donors (Lipinski definition) is 0. The molecule has 3 nitrogen and oxygen atoms in total. The van der Waals surface area contributed by atoms with Crippen LogP contribution in [0.15, 0.2) is 10.2 Å². The first-order chi connectivity index (χ1) is 3.39. The van der Waals surface area contributed by atoms with Crippen molar-refractivity contribution in [2.45, 2.75) is 6.42 Å². The van der Waals surface area contributed by atoms with Gasteiger partial charge in [-0.15, -0.1) is 0 Å². The number of carbonyl (C=O) groups excluding carboxylic acids is 1. The fraction of sp³-hybridized carbons (Fsp3) is 0.500. The first kappa shape index (κ1) is 4.43. The van der Waals surface area contributed by atoms with Crippen LogP contribution >= 0.6 is 0 Å². The maximum absolute atomic E-state index is 10.2. The molecule has 3 heteroatoms. The van der Waals surface area contributed by atoms with E-state index in [1.54, 1.807) is 0 Å². The van der Waals surface area contributed by atoms with E-state index in [0.29, 0.717) is 13.0 Å². The van der Waals surface area contributed by atoms with Crippen LogP contribution < -0.4 is 0 Å². The van der Waals surface area contributed by atoms with Gasteiger partial charge in [0.1, 0.15) is 0 Å². The first-order valence-corrected chi connectivity index (χ1v) is 2.05. The van der Waals surface area contributed by atoms with Gasteiger partial charge in [-0.1, -0.05) is 0 Å². The maximum atomic E-state index is 10.2. The van der Waals surface area contributed by atoms with E-state index in [9.17, 15) is 4.79 Å². The Morgan fingerprint density at radius 3 is 2.86 bits per heavy atom. The Bertz CT molecular complexity index is 108. The van der Waals surface area contributed by atoms with Crippen molar-refractivity contribution < 1.29 is 4.79 Å². The summed E-state index contributed by atoms with van der Waals surface area (Å²) in [5.74, 6) is -0.0463. The van der Waals surface area contributed by atoms with Crippen LogP contribution in [0.5, 0.6) is 0 Å². The van der Waals surface area contributed by atoms with Crippen molar-refractivity contribution in [1.29, 1.82) is 0 Å². The summed E-state index contributed by atoms with van der Waals surface area (Å²) in [5, 5.41) is 6.80. The van der Waals surface area contributed by atoms with Crippen molar-refractivity contribution in [3.63, 3.8) is 0 Å². The molecule has 1 heterocycles. The van der Waals surface area contributed by atoms with Crippen molar-refractivity contribution in [2.24, 2.45) is 10.2 Å². The first-order valence-electron chi connectivity index (χ1n) is 2.05. The minimum Gasteiger partial charge on any atom is -0.297 e. The molecule has 0 aromatic rings. The number of rotatable bonds is 0. The number of nitrogens with zero attached hydrogens (tertiary/aromatic N) is 2. The molecule has 0 atom stereocenters. The van der Waals surface area contributed by atoms with Crippen LogP contribution in [0.4, 0.5) is 0 Å². The van der Waals surface area contributed by atoms with Crippen LogP contribution in [0.3, 0.4) is 0 Å². The molecule has 0 aromatic carbocycles. The highest BCUT2D eigenvalue weighted by molar-refractivity contribution is 5.86. The predicted molar refractivity (Wildman–Crippen MR) is 22.6 cm³/mol. The molecule has 0 N–H and O–H groups in total. The smallest absolute Gasteiger partial charge is 0.213 e. The zero-order chi connectivity index (χ0) is 5.11. The van der Waals surface area contributed by atoms with Gasteiger partial charge in [-0.25, -0.2) is 0 Å². The molecule has 0 bridgehead atoms. The fourth-order valence-electron chi connectivity index (χ4n) is 0.349. The molecule has 0 amide bonds. The summed E-state index contributed by atoms with van der Waals surface area (Å²) in [6.07, 6.45) is 0.476. The molecule has 0 saturated heterocycles. The number of hydrogen-bond acceptors (Lipinski definition) is 3. The Morgan fingerprint density at radius 2 is 2.57 bits per heavy atom. The summed E-state index contributed by atoms with van der Waals surface area (Å²) in [7, 11) is 0. The fourth-order valence-corrected chi connectivity index (χ4v) is 0.349. The summed E-state index contributed by atoms with van der Waals surface area (Å²) < 4.78 is 0. The van der Waals surface area contributed by atoms with E-state index in [-0.39, 0.29) is 5.78 Å². The van der Waals surface area contributed by atoms with Crippen molar-refractivity contribution in [3.8, 4) is 0 Å². The summed E-state index contributed by atoms with van der Waals surface area (Å²) >= 11 is 0. The molecular formula is C4H4N2O. The molecule has 1 aliphatic rings. The van der Waals surface area contributed by atoms with Crippen LogP contribution in [-0.2, 0) is 4.79 Å². The normalized spacial score (nSPS) is 20.3. The zero-order valence-corrected chi connectivity index (χ0v) is 3.72. The Morgan fingerprint density at radius 1 is 1.71 bits per heavy atom.